The maximum atomic E-state index is 13.1. The third kappa shape index (κ3) is 3.98. The number of hydrogen-bond donors (Lipinski definition) is 2. The Morgan fingerprint density at radius 3 is 2.56 bits per heavy atom. The Balaban J connectivity index is 1.52. The zero-order valence-corrected chi connectivity index (χ0v) is 18.5. The third-order valence-corrected chi connectivity index (χ3v) is 6.34. The van der Waals surface area contributed by atoms with Crippen LogP contribution in [0.4, 0.5) is 17.2 Å². The molecule has 0 radical (unpaired) electrons. The topological polar surface area (TPSA) is 71.8 Å². The Labute approximate surface area is 189 Å². The first kappa shape index (κ1) is 20.0. The summed E-state index contributed by atoms with van der Waals surface area (Å²) in [6.45, 7) is 2.03. The molecule has 7 heteroatoms. The monoisotopic (exact) mass is 439 g/mol. The van der Waals surface area contributed by atoms with Gasteiger partial charge in [-0.1, -0.05) is 36.4 Å². The second kappa shape index (κ2) is 8.28. The van der Waals surface area contributed by atoms with Gasteiger partial charge in [0.2, 0.25) is 0 Å². The van der Waals surface area contributed by atoms with E-state index in [1.165, 1.54) is 11.3 Å². The number of amides is 1. The molecule has 0 saturated carbocycles. The number of carbonyl (C=O) groups is 1. The first-order valence-corrected chi connectivity index (χ1v) is 11.0. The number of benzene rings is 2. The molecule has 0 aliphatic carbocycles. The van der Waals surface area contributed by atoms with Crippen molar-refractivity contribution in [2.45, 2.75) is 6.92 Å². The van der Waals surface area contributed by atoms with Crippen molar-refractivity contribution in [2.24, 2.45) is 7.05 Å². The molecule has 2 aromatic carbocycles. The Morgan fingerprint density at radius 2 is 1.78 bits per heavy atom. The van der Waals surface area contributed by atoms with Gasteiger partial charge in [-0.2, -0.15) is 5.10 Å². The number of thiophene rings is 1. The molecule has 3 heterocycles. The lowest BCUT2D eigenvalue weighted by Crippen LogP contribution is -2.12. The van der Waals surface area contributed by atoms with E-state index < -0.39 is 0 Å². The van der Waals surface area contributed by atoms with Crippen LogP contribution in [0.5, 0.6) is 0 Å². The fourth-order valence-electron chi connectivity index (χ4n) is 3.51. The van der Waals surface area contributed by atoms with Gasteiger partial charge < -0.3 is 10.6 Å². The van der Waals surface area contributed by atoms with Gasteiger partial charge in [0.1, 0.15) is 0 Å². The number of anilines is 3. The van der Waals surface area contributed by atoms with Crippen LogP contribution in [0.25, 0.3) is 21.2 Å². The maximum Gasteiger partial charge on any atom is 0.265 e. The van der Waals surface area contributed by atoms with Crippen molar-refractivity contribution < 1.29 is 4.79 Å². The number of aromatic nitrogens is 3. The van der Waals surface area contributed by atoms with Gasteiger partial charge in [-0.25, -0.2) is 4.98 Å². The van der Waals surface area contributed by atoms with Crippen LogP contribution < -0.4 is 10.6 Å². The van der Waals surface area contributed by atoms with Gasteiger partial charge in [0, 0.05) is 41.0 Å². The average Bonchev–Trinajstić information content (AvgIpc) is 3.43. The van der Waals surface area contributed by atoms with Gasteiger partial charge >= 0.3 is 0 Å². The molecular weight excluding hydrogens is 418 g/mol. The normalized spacial score (nSPS) is 10.9. The SMILES string of the molecule is Cc1ccccc1Nc1ncc(-c2cnn(C)c2)cc1NC(=O)c1cc2ccccc2s1. The molecule has 0 atom stereocenters. The fourth-order valence-corrected chi connectivity index (χ4v) is 4.46. The molecule has 0 aliphatic heterocycles. The predicted octanol–water partition coefficient (Wildman–Crippen LogP) is 6.00. The second-order valence-electron chi connectivity index (χ2n) is 7.57. The summed E-state index contributed by atoms with van der Waals surface area (Å²) in [5.41, 5.74) is 4.44. The van der Waals surface area contributed by atoms with E-state index in [0.717, 1.165) is 32.5 Å². The smallest absolute Gasteiger partial charge is 0.265 e. The number of nitrogens with zero attached hydrogens (tertiary/aromatic N) is 3. The summed E-state index contributed by atoms with van der Waals surface area (Å²) in [4.78, 5) is 18.4. The standard InChI is InChI=1S/C25H21N5OS/c1-16-7-3-5-9-20(16)28-24-21(11-18(13-26-24)19-14-27-30(2)15-19)29-25(31)23-12-17-8-4-6-10-22(17)32-23/h3-15H,1-2H3,(H,26,28)(H,29,31). The van der Waals surface area contributed by atoms with E-state index in [-0.39, 0.29) is 5.91 Å². The maximum absolute atomic E-state index is 13.1. The number of carbonyl (C=O) groups excluding carboxylic acids is 1. The van der Waals surface area contributed by atoms with E-state index in [1.54, 1.807) is 17.1 Å². The lowest BCUT2D eigenvalue weighted by atomic mass is 10.1. The summed E-state index contributed by atoms with van der Waals surface area (Å²) in [5, 5.41) is 11.7. The van der Waals surface area contributed by atoms with Crippen molar-refractivity contribution in [3.8, 4) is 11.1 Å². The van der Waals surface area contributed by atoms with Crippen LogP contribution >= 0.6 is 11.3 Å². The second-order valence-corrected chi connectivity index (χ2v) is 8.65. The van der Waals surface area contributed by atoms with E-state index in [2.05, 4.69) is 20.7 Å². The predicted molar refractivity (Wildman–Crippen MR) is 131 cm³/mol. The lowest BCUT2D eigenvalue weighted by molar-refractivity contribution is 0.103. The summed E-state index contributed by atoms with van der Waals surface area (Å²) in [6.07, 6.45) is 5.48. The zero-order valence-electron chi connectivity index (χ0n) is 17.7. The summed E-state index contributed by atoms with van der Waals surface area (Å²) in [7, 11) is 1.87. The molecular formula is C25H21N5OS. The molecule has 0 saturated heterocycles. The minimum Gasteiger partial charge on any atom is -0.338 e. The Bertz CT molecular complexity index is 1400. The van der Waals surface area contributed by atoms with Gasteiger partial charge in [-0.15, -0.1) is 11.3 Å². The number of fused-ring (bicyclic) bond motifs is 1. The minimum absolute atomic E-state index is 0.163. The summed E-state index contributed by atoms with van der Waals surface area (Å²) in [6, 6.07) is 19.8. The number of para-hydroxylation sites is 1. The van der Waals surface area contributed by atoms with Gasteiger partial charge in [-0.05, 0) is 42.1 Å². The van der Waals surface area contributed by atoms with Gasteiger partial charge in [0.15, 0.2) is 5.82 Å². The highest BCUT2D eigenvalue weighted by atomic mass is 32.1. The van der Waals surface area contributed by atoms with Crippen LogP contribution in [0.3, 0.4) is 0 Å². The molecule has 0 unspecified atom stereocenters. The highest BCUT2D eigenvalue weighted by Crippen LogP contribution is 2.31. The summed E-state index contributed by atoms with van der Waals surface area (Å²) in [5.74, 6) is 0.422. The van der Waals surface area contributed by atoms with Gasteiger partial charge in [-0.3, -0.25) is 9.48 Å². The van der Waals surface area contributed by atoms with Crippen molar-refractivity contribution in [1.29, 1.82) is 0 Å². The molecule has 158 valence electrons. The molecule has 0 spiro atoms. The molecule has 32 heavy (non-hydrogen) atoms. The van der Waals surface area contributed by atoms with Crippen molar-refractivity contribution in [2.75, 3.05) is 10.6 Å². The molecule has 2 N–H and O–H groups in total. The Hall–Kier alpha value is -3.97. The van der Waals surface area contributed by atoms with E-state index in [4.69, 9.17) is 0 Å². The van der Waals surface area contributed by atoms with Crippen molar-refractivity contribution in [1.82, 2.24) is 14.8 Å². The molecule has 6 nitrogen and oxygen atoms in total. The first-order chi connectivity index (χ1) is 15.6. The molecule has 0 bridgehead atoms. The average molecular weight is 440 g/mol. The van der Waals surface area contributed by atoms with E-state index in [0.29, 0.717) is 16.4 Å². The zero-order chi connectivity index (χ0) is 22.1. The van der Waals surface area contributed by atoms with Crippen LogP contribution in [-0.4, -0.2) is 20.7 Å². The van der Waals surface area contributed by atoms with Crippen molar-refractivity contribution >= 4 is 44.5 Å². The van der Waals surface area contributed by atoms with Crippen LogP contribution in [0.1, 0.15) is 15.2 Å². The molecule has 5 rings (SSSR count). The molecule has 0 aliphatic rings. The van der Waals surface area contributed by atoms with E-state index >= 15 is 0 Å². The Kier molecular flexibility index (Phi) is 5.17. The summed E-state index contributed by atoms with van der Waals surface area (Å²) >= 11 is 1.47. The van der Waals surface area contributed by atoms with E-state index in [9.17, 15) is 4.79 Å². The Morgan fingerprint density at radius 1 is 0.969 bits per heavy atom. The number of rotatable bonds is 5. The van der Waals surface area contributed by atoms with Crippen LogP contribution in [0.15, 0.2) is 79.3 Å². The lowest BCUT2D eigenvalue weighted by Gasteiger charge is -2.14. The largest absolute Gasteiger partial charge is 0.338 e. The summed E-state index contributed by atoms with van der Waals surface area (Å²) < 4.78 is 2.82. The van der Waals surface area contributed by atoms with Crippen LogP contribution in [-0.2, 0) is 7.05 Å². The van der Waals surface area contributed by atoms with Gasteiger partial charge in [0.25, 0.3) is 5.91 Å². The first-order valence-electron chi connectivity index (χ1n) is 10.2. The molecule has 3 aromatic heterocycles. The number of nitrogens with one attached hydrogen (secondary N) is 2. The molecule has 5 aromatic rings. The minimum atomic E-state index is -0.163. The van der Waals surface area contributed by atoms with E-state index in [1.807, 2.05) is 80.8 Å². The highest BCUT2D eigenvalue weighted by Gasteiger charge is 2.15. The molecule has 1 amide bonds. The number of aryl methyl sites for hydroxylation is 2. The third-order valence-electron chi connectivity index (χ3n) is 5.22. The van der Waals surface area contributed by atoms with Crippen LogP contribution in [0.2, 0.25) is 0 Å². The number of pyridine rings is 1. The quantitative estimate of drug-likeness (QED) is 0.352. The van der Waals surface area contributed by atoms with Crippen molar-refractivity contribution in [3.05, 3.63) is 89.7 Å². The fraction of sp³-hybridized carbons (Fsp3) is 0.0800. The molecule has 0 fully saturated rings. The highest BCUT2D eigenvalue weighted by molar-refractivity contribution is 7.20. The van der Waals surface area contributed by atoms with Gasteiger partial charge in [0.05, 0.1) is 16.8 Å². The van der Waals surface area contributed by atoms with Crippen molar-refractivity contribution in [3.63, 3.8) is 0 Å². The number of hydrogen-bond acceptors (Lipinski definition) is 5. The van der Waals surface area contributed by atoms with Crippen LogP contribution in [0, 0.1) is 6.92 Å².